The normalized spacial score (nSPS) is 17.1. The van der Waals surface area contributed by atoms with Crippen LogP contribution in [-0.4, -0.2) is 42.3 Å². The molecule has 0 aliphatic carbocycles. The van der Waals surface area contributed by atoms with Gasteiger partial charge in [-0.15, -0.1) is 0 Å². The Morgan fingerprint density at radius 2 is 2.00 bits per heavy atom. The van der Waals surface area contributed by atoms with Gasteiger partial charge in [-0.05, 0) is 30.5 Å². The number of ether oxygens (including phenoxy) is 1. The molecule has 2 N–H and O–H groups in total. The van der Waals surface area contributed by atoms with Crippen LogP contribution < -0.4 is 10.1 Å². The highest BCUT2D eigenvalue weighted by atomic mass is 16.5. The molecular formula is C14H20N2O3. The number of carbonyl (C=O) groups is 1. The zero-order chi connectivity index (χ0) is 13.7. The van der Waals surface area contributed by atoms with Gasteiger partial charge in [-0.25, -0.2) is 4.79 Å². The molecule has 0 spiro atoms. The van der Waals surface area contributed by atoms with Crippen molar-refractivity contribution >= 4 is 6.09 Å². The third kappa shape index (κ3) is 4.13. The van der Waals surface area contributed by atoms with Gasteiger partial charge in [0.2, 0.25) is 0 Å². The predicted molar refractivity (Wildman–Crippen MR) is 72.5 cm³/mol. The van der Waals surface area contributed by atoms with Crippen molar-refractivity contribution in [1.82, 2.24) is 10.2 Å². The number of carboxylic acid groups (broad SMARTS) is 1. The quantitative estimate of drug-likeness (QED) is 0.872. The van der Waals surface area contributed by atoms with Crippen LogP contribution >= 0.6 is 0 Å². The summed E-state index contributed by atoms with van der Waals surface area (Å²) in [5.74, 6) is 0.869. The topological polar surface area (TPSA) is 61.8 Å². The van der Waals surface area contributed by atoms with Gasteiger partial charge in [0.15, 0.2) is 0 Å². The Morgan fingerprint density at radius 1 is 1.37 bits per heavy atom. The number of likely N-dealkylation sites (tertiary alicyclic amines) is 1. The molecule has 0 bridgehead atoms. The number of rotatable bonds is 4. The lowest BCUT2D eigenvalue weighted by molar-refractivity contribution is 0.165. The summed E-state index contributed by atoms with van der Waals surface area (Å²) in [4.78, 5) is 12.9. The lowest BCUT2D eigenvalue weighted by Gasteiger charge is -2.31. The van der Waals surface area contributed by atoms with Crippen LogP contribution in [0.1, 0.15) is 18.4 Å². The van der Waals surface area contributed by atoms with Gasteiger partial charge >= 0.3 is 6.09 Å². The lowest BCUT2D eigenvalue weighted by atomic mass is 10.0. The molecule has 0 radical (unpaired) electrons. The van der Waals surface area contributed by atoms with E-state index in [-0.39, 0.29) is 6.04 Å². The fourth-order valence-corrected chi connectivity index (χ4v) is 2.40. The molecule has 0 aromatic heterocycles. The van der Waals surface area contributed by atoms with Crippen LogP contribution in [0.15, 0.2) is 24.3 Å². The molecule has 5 heteroatoms. The molecule has 19 heavy (non-hydrogen) atoms. The second-order valence-electron chi connectivity index (χ2n) is 4.85. The summed E-state index contributed by atoms with van der Waals surface area (Å²) in [7, 11) is 1.66. The average Bonchev–Trinajstić information content (AvgIpc) is 2.41. The second kappa shape index (κ2) is 6.43. The molecule has 2 rings (SSSR count). The molecule has 1 amide bonds. The van der Waals surface area contributed by atoms with Gasteiger partial charge in [-0.3, -0.25) is 4.90 Å². The molecule has 0 atom stereocenters. The highest BCUT2D eigenvalue weighted by molar-refractivity contribution is 5.64. The molecule has 1 aromatic rings. The SMILES string of the molecule is COc1ccc(CN2CCC(NC(=O)O)CC2)cc1. The Morgan fingerprint density at radius 3 is 2.53 bits per heavy atom. The summed E-state index contributed by atoms with van der Waals surface area (Å²) in [5, 5.41) is 11.2. The molecule has 1 heterocycles. The first-order valence-corrected chi connectivity index (χ1v) is 6.52. The van der Waals surface area contributed by atoms with Crippen LogP contribution in [0, 0.1) is 0 Å². The number of nitrogens with one attached hydrogen (secondary N) is 1. The van der Waals surface area contributed by atoms with Gasteiger partial charge in [-0.2, -0.15) is 0 Å². The Kier molecular flexibility index (Phi) is 4.63. The number of benzene rings is 1. The fraction of sp³-hybridized carbons (Fsp3) is 0.500. The van der Waals surface area contributed by atoms with Crippen molar-refractivity contribution in [3.63, 3.8) is 0 Å². The van der Waals surface area contributed by atoms with E-state index >= 15 is 0 Å². The monoisotopic (exact) mass is 264 g/mol. The van der Waals surface area contributed by atoms with E-state index in [1.54, 1.807) is 7.11 Å². The maximum Gasteiger partial charge on any atom is 0.404 e. The average molecular weight is 264 g/mol. The molecule has 1 saturated heterocycles. The van der Waals surface area contributed by atoms with E-state index in [1.807, 2.05) is 12.1 Å². The van der Waals surface area contributed by atoms with E-state index in [1.165, 1.54) is 5.56 Å². The summed E-state index contributed by atoms with van der Waals surface area (Å²) in [6.07, 6.45) is 0.832. The minimum absolute atomic E-state index is 0.101. The number of nitrogens with zero attached hydrogens (tertiary/aromatic N) is 1. The molecule has 0 unspecified atom stereocenters. The van der Waals surface area contributed by atoms with Crippen molar-refractivity contribution in [1.29, 1.82) is 0 Å². The summed E-state index contributed by atoms with van der Waals surface area (Å²) >= 11 is 0. The standard InChI is InChI=1S/C14H20N2O3/c1-19-13-4-2-11(3-5-13)10-16-8-6-12(7-9-16)15-14(17)18/h2-5,12,15H,6-10H2,1H3,(H,17,18). The molecule has 1 aliphatic rings. The first-order chi connectivity index (χ1) is 9.17. The van der Waals surface area contributed by atoms with Gasteiger partial charge in [0, 0.05) is 25.7 Å². The van der Waals surface area contributed by atoms with E-state index in [0.29, 0.717) is 0 Å². The molecule has 1 fully saturated rings. The van der Waals surface area contributed by atoms with Crippen molar-refractivity contribution in [2.24, 2.45) is 0 Å². The molecular weight excluding hydrogens is 244 g/mol. The van der Waals surface area contributed by atoms with Crippen molar-refractivity contribution in [3.8, 4) is 5.75 Å². The summed E-state index contributed by atoms with van der Waals surface area (Å²) in [6, 6.07) is 8.17. The van der Waals surface area contributed by atoms with Gasteiger partial charge < -0.3 is 15.2 Å². The third-order valence-electron chi connectivity index (χ3n) is 3.48. The van der Waals surface area contributed by atoms with Crippen LogP contribution in [0.3, 0.4) is 0 Å². The largest absolute Gasteiger partial charge is 0.497 e. The van der Waals surface area contributed by atoms with E-state index in [4.69, 9.17) is 9.84 Å². The van der Waals surface area contributed by atoms with Gasteiger partial charge in [0.1, 0.15) is 5.75 Å². The predicted octanol–water partition coefficient (Wildman–Crippen LogP) is 1.93. The Labute approximate surface area is 113 Å². The maximum absolute atomic E-state index is 10.6. The number of methoxy groups -OCH3 is 1. The minimum Gasteiger partial charge on any atom is -0.497 e. The van der Waals surface area contributed by atoms with Crippen molar-refractivity contribution in [2.75, 3.05) is 20.2 Å². The van der Waals surface area contributed by atoms with Gasteiger partial charge in [0.25, 0.3) is 0 Å². The molecule has 1 aromatic carbocycles. The van der Waals surface area contributed by atoms with E-state index in [9.17, 15) is 4.79 Å². The summed E-state index contributed by atoms with van der Waals surface area (Å²) in [5.41, 5.74) is 1.26. The van der Waals surface area contributed by atoms with Crippen LogP contribution in [0.4, 0.5) is 4.79 Å². The first-order valence-electron chi connectivity index (χ1n) is 6.52. The Hall–Kier alpha value is -1.75. The fourth-order valence-electron chi connectivity index (χ4n) is 2.40. The van der Waals surface area contributed by atoms with E-state index in [0.717, 1.165) is 38.2 Å². The first kappa shape index (κ1) is 13.7. The number of amides is 1. The van der Waals surface area contributed by atoms with E-state index < -0.39 is 6.09 Å². The van der Waals surface area contributed by atoms with Gasteiger partial charge in [0.05, 0.1) is 7.11 Å². The van der Waals surface area contributed by atoms with E-state index in [2.05, 4.69) is 22.3 Å². The highest BCUT2D eigenvalue weighted by Crippen LogP contribution is 2.16. The van der Waals surface area contributed by atoms with Crippen LogP contribution in [0.25, 0.3) is 0 Å². The maximum atomic E-state index is 10.6. The third-order valence-corrected chi connectivity index (χ3v) is 3.48. The van der Waals surface area contributed by atoms with Crippen molar-refractivity contribution in [3.05, 3.63) is 29.8 Å². The molecule has 104 valence electrons. The second-order valence-corrected chi connectivity index (χ2v) is 4.85. The smallest absolute Gasteiger partial charge is 0.404 e. The number of piperidine rings is 1. The molecule has 5 nitrogen and oxygen atoms in total. The minimum atomic E-state index is -0.923. The van der Waals surface area contributed by atoms with Crippen LogP contribution in [-0.2, 0) is 6.54 Å². The van der Waals surface area contributed by atoms with Crippen LogP contribution in [0.5, 0.6) is 5.75 Å². The molecule has 0 saturated carbocycles. The summed E-state index contributed by atoms with van der Waals surface area (Å²) in [6.45, 7) is 2.76. The zero-order valence-electron chi connectivity index (χ0n) is 11.1. The lowest BCUT2D eigenvalue weighted by Crippen LogP contribution is -2.43. The number of hydrogen-bond acceptors (Lipinski definition) is 3. The Bertz CT molecular complexity index is 411. The number of hydrogen-bond donors (Lipinski definition) is 2. The summed E-state index contributed by atoms with van der Waals surface area (Å²) < 4.78 is 5.13. The van der Waals surface area contributed by atoms with Crippen molar-refractivity contribution < 1.29 is 14.6 Å². The zero-order valence-corrected chi connectivity index (χ0v) is 11.1. The van der Waals surface area contributed by atoms with Gasteiger partial charge in [-0.1, -0.05) is 12.1 Å². The molecule has 1 aliphatic heterocycles. The van der Waals surface area contributed by atoms with Crippen LogP contribution in [0.2, 0.25) is 0 Å². The van der Waals surface area contributed by atoms with Crippen molar-refractivity contribution in [2.45, 2.75) is 25.4 Å². The Balaban J connectivity index is 1.80. The highest BCUT2D eigenvalue weighted by Gasteiger charge is 2.20.